The fraction of sp³-hybridized carbons (Fsp3) is 0.429. The summed E-state index contributed by atoms with van der Waals surface area (Å²) in [6, 6.07) is 4.20. The first-order valence-corrected chi connectivity index (χ1v) is 9.51. The lowest BCUT2D eigenvalue weighted by molar-refractivity contribution is 0.197. The number of aromatic amines is 1. The highest BCUT2D eigenvalue weighted by atomic mass is 16.5. The van der Waals surface area contributed by atoms with E-state index in [-0.39, 0.29) is 0 Å². The third-order valence-corrected chi connectivity index (χ3v) is 5.04. The van der Waals surface area contributed by atoms with E-state index in [0.29, 0.717) is 23.3 Å². The van der Waals surface area contributed by atoms with Gasteiger partial charge in [0.15, 0.2) is 11.5 Å². The zero-order chi connectivity index (χ0) is 21.0. The molecule has 0 atom stereocenters. The van der Waals surface area contributed by atoms with E-state index in [1.807, 2.05) is 42.3 Å². The van der Waals surface area contributed by atoms with Crippen LogP contribution in [0.4, 0.5) is 0 Å². The Bertz CT molecular complexity index is 922. The van der Waals surface area contributed by atoms with Gasteiger partial charge < -0.3 is 18.8 Å². The number of H-pyrrole nitrogens is 1. The van der Waals surface area contributed by atoms with Gasteiger partial charge in [-0.3, -0.25) is 10.00 Å². The number of nitrogens with zero attached hydrogens (tertiary/aromatic N) is 4. The summed E-state index contributed by atoms with van der Waals surface area (Å²) < 4.78 is 18.5. The Morgan fingerprint density at radius 2 is 1.76 bits per heavy atom. The zero-order valence-corrected chi connectivity index (χ0v) is 17.9. The summed E-state index contributed by atoms with van der Waals surface area (Å²) >= 11 is 0. The number of nitrogens with one attached hydrogen (secondary N) is 1. The van der Waals surface area contributed by atoms with Gasteiger partial charge in [-0.1, -0.05) is 0 Å². The molecule has 0 unspecified atom stereocenters. The van der Waals surface area contributed by atoms with Gasteiger partial charge in [-0.05, 0) is 26.0 Å². The maximum absolute atomic E-state index is 5.50. The van der Waals surface area contributed by atoms with Gasteiger partial charge >= 0.3 is 0 Å². The van der Waals surface area contributed by atoms with Gasteiger partial charge in [0.1, 0.15) is 5.82 Å². The number of methoxy groups -OCH3 is 3. The van der Waals surface area contributed by atoms with Crippen molar-refractivity contribution >= 4 is 0 Å². The number of aromatic nitrogens is 4. The number of benzene rings is 1. The summed E-state index contributed by atoms with van der Waals surface area (Å²) in [5.41, 5.74) is 2.93. The molecule has 2 heterocycles. The molecule has 0 radical (unpaired) electrons. The molecule has 1 N–H and O–H groups in total. The second-order valence-electron chi connectivity index (χ2n) is 7.14. The quantitative estimate of drug-likeness (QED) is 0.595. The van der Waals surface area contributed by atoms with E-state index in [2.05, 4.69) is 33.9 Å². The van der Waals surface area contributed by atoms with Crippen LogP contribution in [0.1, 0.15) is 25.2 Å². The minimum Gasteiger partial charge on any atom is -0.493 e. The molecular weight excluding hydrogens is 370 g/mol. The molecule has 0 aliphatic carbocycles. The topological polar surface area (TPSA) is 77.4 Å². The molecule has 0 spiro atoms. The molecule has 156 valence electrons. The first-order valence-electron chi connectivity index (χ1n) is 9.51. The van der Waals surface area contributed by atoms with Crippen LogP contribution in [-0.2, 0) is 20.1 Å². The van der Waals surface area contributed by atoms with Crippen molar-refractivity contribution in [3.05, 3.63) is 42.1 Å². The number of rotatable bonds is 9. The molecule has 0 aliphatic rings. The van der Waals surface area contributed by atoms with E-state index in [4.69, 9.17) is 14.2 Å². The van der Waals surface area contributed by atoms with Crippen molar-refractivity contribution in [1.29, 1.82) is 0 Å². The van der Waals surface area contributed by atoms with Gasteiger partial charge in [-0.15, -0.1) is 0 Å². The van der Waals surface area contributed by atoms with Crippen molar-refractivity contribution in [3.8, 4) is 28.5 Å². The molecule has 0 fully saturated rings. The van der Waals surface area contributed by atoms with E-state index in [1.54, 1.807) is 21.3 Å². The van der Waals surface area contributed by atoms with E-state index in [0.717, 1.165) is 35.7 Å². The van der Waals surface area contributed by atoms with Crippen LogP contribution in [0.2, 0.25) is 0 Å². The molecule has 0 saturated heterocycles. The van der Waals surface area contributed by atoms with Crippen LogP contribution in [0.5, 0.6) is 17.2 Å². The van der Waals surface area contributed by atoms with E-state index in [1.165, 1.54) is 0 Å². The molecular formula is C21H29N5O3. The molecule has 0 amide bonds. The SMILES string of the molecule is COc1cc(-c2[nH]ncc2CN(Cc2nccn2C)C(C)C)cc(OC)c1OC. The second-order valence-corrected chi connectivity index (χ2v) is 7.14. The molecule has 3 rings (SSSR count). The average Bonchev–Trinajstić information content (AvgIpc) is 3.35. The molecule has 3 aromatic rings. The van der Waals surface area contributed by atoms with Crippen LogP contribution in [0.3, 0.4) is 0 Å². The number of hydrogen-bond donors (Lipinski definition) is 1. The Kier molecular flexibility index (Phi) is 6.43. The normalized spacial score (nSPS) is 11.3. The maximum atomic E-state index is 5.50. The van der Waals surface area contributed by atoms with Gasteiger partial charge in [0.05, 0.1) is 39.8 Å². The average molecular weight is 399 g/mol. The largest absolute Gasteiger partial charge is 0.493 e. The maximum Gasteiger partial charge on any atom is 0.203 e. The first-order chi connectivity index (χ1) is 14.0. The van der Waals surface area contributed by atoms with Crippen LogP contribution in [0.15, 0.2) is 30.7 Å². The Labute approximate surface area is 171 Å². The predicted molar refractivity (Wildman–Crippen MR) is 111 cm³/mol. The minimum absolute atomic E-state index is 0.342. The monoisotopic (exact) mass is 399 g/mol. The number of imidazole rings is 1. The van der Waals surface area contributed by atoms with Crippen LogP contribution < -0.4 is 14.2 Å². The summed E-state index contributed by atoms with van der Waals surface area (Å²) in [6.07, 6.45) is 5.66. The van der Waals surface area contributed by atoms with Crippen LogP contribution in [0.25, 0.3) is 11.3 Å². The van der Waals surface area contributed by atoms with Crippen molar-refractivity contribution < 1.29 is 14.2 Å². The lowest BCUT2D eigenvalue weighted by Gasteiger charge is -2.26. The third-order valence-electron chi connectivity index (χ3n) is 5.04. The first kappa shape index (κ1) is 20.7. The molecule has 8 nitrogen and oxygen atoms in total. The van der Waals surface area contributed by atoms with Crippen LogP contribution >= 0.6 is 0 Å². The summed E-state index contributed by atoms with van der Waals surface area (Å²) in [4.78, 5) is 6.82. The Balaban J connectivity index is 1.93. The van der Waals surface area contributed by atoms with Crippen LogP contribution in [0, 0.1) is 0 Å². The fourth-order valence-electron chi connectivity index (χ4n) is 3.28. The van der Waals surface area contributed by atoms with E-state index in [9.17, 15) is 0 Å². The molecule has 29 heavy (non-hydrogen) atoms. The highest BCUT2D eigenvalue weighted by Gasteiger charge is 2.20. The number of hydrogen-bond acceptors (Lipinski definition) is 6. The second kappa shape index (κ2) is 9.00. The summed E-state index contributed by atoms with van der Waals surface area (Å²) in [5.74, 6) is 2.81. The summed E-state index contributed by atoms with van der Waals surface area (Å²) in [5, 5.41) is 7.42. The molecule has 0 saturated carbocycles. The Morgan fingerprint density at radius 3 is 2.28 bits per heavy atom. The van der Waals surface area contributed by atoms with Crippen molar-refractivity contribution in [2.24, 2.45) is 7.05 Å². The third kappa shape index (κ3) is 4.37. The van der Waals surface area contributed by atoms with Gasteiger partial charge in [-0.2, -0.15) is 5.10 Å². The van der Waals surface area contributed by atoms with E-state index >= 15 is 0 Å². The lowest BCUT2D eigenvalue weighted by Crippen LogP contribution is -2.31. The molecule has 0 bridgehead atoms. The zero-order valence-electron chi connectivity index (χ0n) is 17.9. The van der Waals surface area contributed by atoms with Gasteiger partial charge in [-0.25, -0.2) is 4.98 Å². The molecule has 0 aliphatic heterocycles. The van der Waals surface area contributed by atoms with E-state index < -0.39 is 0 Å². The Morgan fingerprint density at radius 1 is 1.07 bits per heavy atom. The van der Waals surface area contributed by atoms with Gasteiger partial charge in [0.25, 0.3) is 0 Å². The van der Waals surface area contributed by atoms with Gasteiger partial charge in [0.2, 0.25) is 5.75 Å². The number of aryl methyl sites for hydroxylation is 1. The van der Waals surface area contributed by atoms with Crippen molar-refractivity contribution in [1.82, 2.24) is 24.6 Å². The molecule has 8 heteroatoms. The van der Waals surface area contributed by atoms with Gasteiger partial charge in [0, 0.05) is 43.2 Å². The molecule has 1 aromatic carbocycles. The van der Waals surface area contributed by atoms with Crippen molar-refractivity contribution in [3.63, 3.8) is 0 Å². The summed E-state index contributed by atoms with van der Waals surface area (Å²) in [7, 11) is 6.84. The number of ether oxygens (including phenoxy) is 3. The highest BCUT2D eigenvalue weighted by molar-refractivity contribution is 5.70. The standard InChI is InChI=1S/C21H29N5O3/c1-14(2)26(13-19-22-7-8-25(19)3)12-16-11-23-24-20(16)15-9-17(27-4)21(29-6)18(10-15)28-5/h7-11,14H,12-13H2,1-6H3,(H,23,24). The fourth-order valence-corrected chi connectivity index (χ4v) is 3.28. The lowest BCUT2D eigenvalue weighted by atomic mass is 10.1. The summed E-state index contributed by atoms with van der Waals surface area (Å²) in [6.45, 7) is 5.85. The Hall–Kier alpha value is -3.00. The highest BCUT2D eigenvalue weighted by Crippen LogP contribution is 2.41. The van der Waals surface area contributed by atoms with Crippen molar-refractivity contribution in [2.75, 3.05) is 21.3 Å². The molecule has 2 aromatic heterocycles. The minimum atomic E-state index is 0.342. The smallest absolute Gasteiger partial charge is 0.203 e. The van der Waals surface area contributed by atoms with Crippen LogP contribution in [-0.4, -0.2) is 52.0 Å². The van der Waals surface area contributed by atoms with Crippen molar-refractivity contribution in [2.45, 2.75) is 33.0 Å². The predicted octanol–water partition coefficient (Wildman–Crippen LogP) is 3.25.